The molecule has 1 aliphatic rings. The van der Waals surface area contributed by atoms with E-state index < -0.39 is 0 Å². The highest BCUT2D eigenvalue weighted by Gasteiger charge is 2.30. The molecule has 3 rings (SSSR count). The molecule has 2 amide bonds. The Labute approximate surface area is 163 Å². The van der Waals surface area contributed by atoms with E-state index in [1.807, 2.05) is 12.1 Å². The lowest BCUT2D eigenvalue weighted by Crippen LogP contribution is -2.46. The van der Waals surface area contributed by atoms with Gasteiger partial charge in [0.1, 0.15) is 18.6 Å². The van der Waals surface area contributed by atoms with Crippen LogP contribution in [-0.2, 0) is 4.79 Å². The predicted octanol–water partition coefficient (Wildman–Crippen LogP) is 3.32. The molecule has 1 atom stereocenters. The lowest BCUT2D eigenvalue weighted by molar-refractivity contribution is -0.135. The van der Waals surface area contributed by atoms with Crippen molar-refractivity contribution in [3.05, 3.63) is 53.4 Å². The fraction of sp³-hybridized carbons (Fsp3) is 0.400. The van der Waals surface area contributed by atoms with Crippen molar-refractivity contribution in [2.24, 2.45) is 5.92 Å². The number of furan rings is 1. The molecule has 0 unspecified atom stereocenters. The number of ether oxygens (including phenoxy) is 1. The maximum absolute atomic E-state index is 12.7. The van der Waals surface area contributed by atoms with Crippen molar-refractivity contribution in [1.82, 2.24) is 9.80 Å². The number of rotatable bonds is 6. The van der Waals surface area contributed by atoms with Crippen molar-refractivity contribution < 1.29 is 18.7 Å². The first-order valence-electron chi connectivity index (χ1n) is 8.99. The van der Waals surface area contributed by atoms with Gasteiger partial charge >= 0.3 is 0 Å². The highest BCUT2D eigenvalue weighted by atomic mass is 35.5. The minimum absolute atomic E-state index is 0.0365. The van der Waals surface area contributed by atoms with Crippen LogP contribution in [0.2, 0.25) is 5.02 Å². The molecule has 0 N–H and O–H groups in total. The maximum atomic E-state index is 12.7. The fourth-order valence-electron chi connectivity index (χ4n) is 3.21. The van der Waals surface area contributed by atoms with Crippen molar-refractivity contribution in [3.63, 3.8) is 0 Å². The van der Waals surface area contributed by atoms with E-state index in [-0.39, 0.29) is 17.7 Å². The Morgan fingerprint density at radius 1 is 1.37 bits per heavy atom. The molecule has 1 fully saturated rings. The molecule has 0 radical (unpaired) electrons. The Morgan fingerprint density at radius 2 is 2.22 bits per heavy atom. The van der Waals surface area contributed by atoms with Crippen molar-refractivity contribution >= 4 is 23.4 Å². The molecule has 1 aliphatic heterocycles. The lowest BCUT2D eigenvalue weighted by atomic mass is 9.96. The molecular formula is C20H23ClN2O4. The standard InChI is InChI=1S/C20H23ClN2O4/c1-22(9-11-27-18-6-2-5-17(21)12-18)19(24)15-4-3-8-23(13-15)20(25)16-7-10-26-14-16/h2,5-7,10,12,14-15H,3-4,8-9,11,13H2,1H3/t15-/m1/s1. The van der Waals surface area contributed by atoms with Crippen molar-refractivity contribution in [2.45, 2.75) is 12.8 Å². The summed E-state index contributed by atoms with van der Waals surface area (Å²) in [5, 5.41) is 0.613. The summed E-state index contributed by atoms with van der Waals surface area (Å²) in [6.07, 6.45) is 4.51. The van der Waals surface area contributed by atoms with Gasteiger partial charge in [0.05, 0.1) is 24.3 Å². The summed E-state index contributed by atoms with van der Waals surface area (Å²) in [4.78, 5) is 28.6. The SMILES string of the molecule is CN(CCOc1cccc(Cl)c1)C(=O)[C@@H]1CCCN(C(=O)c2ccoc2)C1. The minimum Gasteiger partial charge on any atom is -0.492 e. The van der Waals surface area contributed by atoms with Gasteiger partial charge in [0.15, 0.2) is 0 Å². The molecule has 1 aromatic heterocycles. The molecule has 2 aromatic rings. The summed E-state index contributed by atoms with van der Waals surface area (Å²) in [5.74, 6) is 0.436. The third-order valence-corrected chi connectivity index (χ3v) is 4.93. The van der Waals surface area contributed by atoms with Crippen LogP contribution in [0.3, 0.4) is 0 Å². The summed E-state index contributed by atoms with van der Waals surface area (Å²) in [5.41, 5.74) is 0.520. The highest BCUT2D eigenvalue weighted by molar-refractivity contribution is 6.30. The lowest BCUT2D eigenvalue weighted by Gasteiger charge is -2.33. The van der Waals surface area contributed by atoms with E-state index in [9.17, 15) is 9.59 Å². The van der Waals surface area contributed by atoms with E-state index in [1.165, 1.54) is 12.5 Å². The van der Waals surface area contributed by atoms with E-state index >= 15 is 0 Å². The number of likely N-dealkylation sites (tertiary alicyclic amines) is 1. The second-order valence-corrected chi connectivity index (χ2v) is 7.10. The summed E-state index contributed by atoms with van der Waals surface area (Å²) >= 11 is 5.93. The summed E-state index contributed by atoms with van der Waals surface area (Å²) < 4.78 is 10.6. The summed E-state index contributed by atoms with van der Waals surface area (Å²) in [7, 11) is 1.76. The van der Waals surface area contributed by atoms with Crippen LogP contribution in [0, 0.1) is 5.92 Å². The first-order valence-corrected chi connectivity index (χ1v) is 9.37. The van der Waals surface area contributed by atoms with E-state index in [0.717, 1.165) is 12.8 Å². The zero-order chi connectivity index (χ0) is 19.2. The number of benzene rings is 1. The van der Waals surface area contributed by atoms with Crippen LogP contribution >= 0.6 is 11.6 Å². The molecule has 2 heterocycles. The van der Waals surface area contributed by atoms with E-state index in [0.29, 0.717) is 42.6 Å². The third kappa shape index (κ3) is 5.04. The quantitative estimate of drug-likeness (QED) is 0.759. The monoisotopic (exact) mass is 390 g/mol. The largest absolute Gasteiger partial charge is 0.492 e. The Bertz CT molecular complexity index is 778. The van der Waals surface area contributed by atoms with Crippen LogP contribution < -0.4 is 4.74 Å². The Balaban J connectivity index is 1.49. The van der Waals surface area contributed by atoms with Gasteiger partial charge < -0.3 is 19.0 Å². The number of likely N-dealkylation sites (N-methyl/N-ethyl adjacent to an activating group) is 1. The van der Waals surface area contributed by atoms with Crippen LogP contribution in [0.5, 0.6) is 5.75 Å². The molecule has 0 spiro atoms. The topological polar surface area (TPSA) is 63.0 Å². The number of piperidine rings is 1. The van der Waals surface area contributed by atoms with Crippen molar-refractivity contribution in [3.8, 4) is 5.75 Å². The van der Waals surface area contributed by atoms with Gasteiger partial charge in [-0.3, -0.25) is 9.59 Å². The zero-order valence-electron chi connectivity index (χ0n) is 15.3. The van der Waals surface area contributed by atoms with Gasteiger partial charge in [-0.15, -0.1) is 0 Å². The van der Waals surface area contributed by atoms with Crippen LogP contribution in [0.4, 0.5) is 0 Å². The second-order valence-electron chi connectivity index (χ2n) is 6.67. The van der Waals surface area contributed by atoms with Gasteiger partial charge in [0.2, 0.25) is 5.91 Å². The Hall–Kier alpha value is -2.47. The van der Waals surface area contributed by atoms with Gasteiger partial charge in [-0.25, -0.2) is 0 Å². The van der Waals surface area contributed by atoms with E-state index in [4.69, 9.17) is 20.8 Å². The molecule has 6 nitrogen and oxygen atoms in total. The van der Waals surface area contributed by atoms with Gasteiger partial charge in [-0.2, -0.15) is 0 Å². The molecule has 144 valence electrons. The molecule has 0 aliphatic carbocycles. The average molecular weight is 391 g/mol. The smallest absolute Gasteiger partial charge is 0.257 e. The predicted molar refractivity (Wildman–Crippen MR) is 102 cm³/mol. The van der Waals surface area contributed by atoms with Gasteiger partial charge in [-0.05, 0) is 37.1 Å². The molecule has 27 heavy (non-hydrogen) atoms. The first kappa shape index (κ1) is 19.3. The number of carbonyl (C=O) groups is 2. The number of hydrogen-bond acceptors (Lipinski definition) is 4. The number of nitrogens with zero attached hydrogens (tertiary/aromatic N) is 2. The van der Waals surface area contributed by atoms with Gasteiger partial charge in [-0.1, -0.05) is 17.7 Å². The summed E-state index contributed by atoms with van der Waals surface area (Å²) in [6.45, 7) is 1.95. The molecular weight excluding hydrogens is 368 g/mol. The maximum Gasteiger partial charge on any atom is 0.257 e. The number of hydrogen-bond donors (Lipinski definition) is 0. The van der Waals surface area contributed by atoms with Crippen molar-refractivity contribution in [1.29, 1.82) is 0 Å². The Kier molecular flexibility index (Phi) is 6.40. The van der Waals surface area contributed by atoms with Crippen LogP contribution in [0.25, 0.3) is 0 Å². The van der Waals surface area contributed by atoms with Gasteiger partial charge in [0.25, 0.3) is 5.91 Å². The number of amides is 2. The number of carbonyl (C=O) groups excluding carboxylic acids is 2. The normalized spacial score (nSPS) is 16.8. The highest BCUT2D eigenvalue weighted by Crippen LogP contribution is 2.21. The second kappa shape index (κ2) is 8.95. The van der Waals surface area contributed by atoms with Crippen LogP contribution in [-0.4, -0.2) is 54.9 Å². The Morgan fingerprint density at radius 3 is 2.96 bits per heavy atom. The van der Waals surface area contributed by atoms with Crippen LogP contribution in [0.15, 0.2) is 47.3 Å². The first-order chi connectivity index (χ1) is 13.0. The van der Waals surface area contributed by atoms with E-state index in [2.05, 4.69) is 0 Å². The molecule has 1 aromatic carbocycles. The summed E-state index contributed by atoms with van der Waals surface area (Å²) in [6, 6.07) is 8.81. The minimum atomic E-state index is -0.189. The van der Waals surface area contributed by atoms with Crippen molar-refractivity contribution in [2.75, 3.05) is 33.3 Å². The molecule has 1 saturated heterocycles. The average Bonchev–Trinajstić information content (AvgIpc) is 3.21. The third-order valence-electron chi connectivity index (χ3n) is 4.69. The van der Waals surface area contributed by atoms with Crippen LogP contribution in [0.1, 0.15) is 23.2 Å². The molecule has 7 heteroatoms. The fourth-order valence-corrected chi connectivity index (χ4v) is 3.39. The molecule has 0 saturated carbocycles. The zero-order valence-corrected chi connectivity index (χ0v) is 16.0. The van der Waals surface area contributed by atoms with Gasteiger partial charge in [0, 0.05) is 25.2 Å². The number of halogens is 1. The molecule has 0 bridgehead atoms. The van der Waals surface area contributed by atoms with E-state index in [1.54, 1.807) is 35.0 Å².